The number of carbonyl (C=O) groups is 1. The summed E-state index contributed by atoms with van der Waals surface area (Å²) in [5.41, 5.74) is -0.724. The number of nitrogens with one attached hydrogen (secondary N) is 1. The Morgan fingerprint density at radius 3 is 2.62 bits per heavy atom. The molecule has 24 heavy (non-hydrogen) atoms. The minimum absolute atomic E-state index is 0.0232. The number of benzene rings is 2. The number of amides is 1. The van der Waals surface area contributed by atoms with E-state index >= 15 is 0 Å². The van der Waals surface area contributed by atoms with Crippen LogP contribution in [0.25, 0.3) is 0 Å². The maximum absolute atomic E-state index is 12.7. The van der Waals surface area contributed by atoms with Gasteiger partial charge in [-0.15, -0.1) is 0 Å². The summed E-state index contributed by atoms with van der Waals surface area (Å²) in [6.45, 7) is 0.201. The molecule has 1 aliphatic heterocycles. The minimum atomic E-state index is -4.45. The van der Waals surface area contributed by atoms with Gasteiger partial charge in [0.1, 0.15) is 12.7 Å². The Bertz CT molecular complexity index is 746. The lowest BCUT2D eigenvalue weighted by molar-refractivity contribution is -0.137. The Morgan fingerprint density at radius 2 is 1.88 bits per heavy atom. The molecule has 2 aromatic rings. The first-order valence-corrected chi connectivity index (χ1v) is 7.27. The molecule has 3 rings (SSSR count). The van der Waals surface area contributed by atoms with Crippen molar-refractivity contribution < 1.29 is 27.4 Å². The molecule has 0 spiro atoms. The van der Waals surface area contributed by atoms with E-state index < -0.39 is 23.8 Å². The molecule has 1 amide bonds. The third-order valence-electron chi connectivity index (χ3n) is 3.45. The highest BCUT2D eigenvalue weighted by Crippen LogP contribution is 2.32. The van der Waals surface area contributed by atoms with Crippen LogP contribution < -0.4 is 14.8 Å². The van der Waals surface area contributed by atoms with Crippen molar-refractivity contribution in [2.75, 3.05) is 11.9 Å². The fourth-order valence-corrected chi connectivity index (χ4v) is 2.36. The fourth-order valence-electron chi connectivity index (χ4n) is 2.36. The highest BCUT2D eigenvalue weighted by Gasteiger charge is 2.30. The van der Waals surface area contributed by atoms with Gasteiger partial charge >= 0.3 is 6.18 Å². The van der Waals surface area contributed by atoms with E-state index in [1.54, 1.807) is 18.2 Å². The lowest BCUT2D eigenvalue weighted by atomic mass is 10.1. The van der Waals surface area contributed by atoms with Crippen LogP contribution in [0.4, 0.5) is 18.9 Å². The fraction of sp³-hybridized carbons (Fsp3) is 0.235. The average molecular weight is 337 g/mol. The Labute approximate surface area is 136 Å². The number of rotatable bonds is 3. The van der Waals surface area contributed by atoms with Crippen LogP contribution in [-0.4, -0.2) is 18.6 Å². The van der Waals surface area contributed by atoms with Crippen LogP contribution in [-0.2, 0) is 11.0 Å². The Morgan fingerprint density at radius 1 is 1.12 bits per heavy atom. The van der Waals surface area contributed by atoms with Gasteiger partial charge in [-0.25, -0.2) is 0 Å². The average Bonchev–Trinajstić information content (AvgIpc) is 2.54. The second-order valence-electron chi connectivity index (χ2n) is 5.33. The zero-order chi connectivity index (χ0) is 17.2. The van der Waals surface area contributed by atoms with E-state index in [0.29, 0.717) is 11.5 Å². The van der Waals surface area contributed by atoms with Crippen molar-refractivity contribution >= 4 is 11.6 Å². The number of para-hydroxylation sites is 2. The molecule has 0 fully saturated rings. The summed E-state index contributed by atoms with van der Waals surface area (Å²) in [5, 5.41) is 2.45. The van der Waals surface area contributed by atoms with Gasteiger partial charge in [0, 0.05) is 5.69 Å². The predicted octanol–water partition coefficient (Wildman–Crippen LogP) is 3.87. The van der Waals surface area contributed by atoms with Crippen LogP contribution in [0.2, 0.25) is 0 Å². The molecular weight excluding hydrogens is 323 g/mol. The summed E-state index contributed by atoms with van der Waals surface area (Å²) < 4.78 is 49.2. The first kappa shape index (κ1) is 16.2. The van der Waals surface area contributed by atoms with Crippen molar-refractivity contribution in [2.24, 2.45) is 0 Å². The first-order chi connectivity index (χ1) is 11.4. The van der Waals surface area contributed by atoms with Crippen molar-refractivity contribution in [3.05, 3.63) is 54.1 Å². The van der Waals surface area contributed by atoms with Gasteiger partial charge in [-0.1, -0.05) is 18.2 Å². The van der Waals surface area contributed by atoms with Gasteiger partial charge in [-0.05, 0) is 30.3 Å². The quantitative estimate of drug-likeness (QED) is 0.925. The Balaban J connectivity index is 1.61. The molecule has 0 saturated heterocycles. The highest BCUT2D eigenvalue weighted by atomic mass is 19.4. The van der Waals surface area contributed by atoms with Crippen LogP contribution in [0.1, 0.15) is 12.0 Å². The van der Waals surface area contributed by atoms with Gasteiger partial charge < -0.3 is 14.8 Å². The lowest BCUT2D eigenvalue weighted by Gasteiger charge is -2.26. The van der Waals surface area contributed by atoms with Gasteiger partial charge in [-0.3, -0.25) is 4.79 Å². The molecule has 7 heteroatoms. The number of fused-ring (bicyclic) bond motifs is 1. The molecule has 126 valence electrons. The summed E-state index contributed by atoms with van der Waals surface area (Å²) in [5.74, 6) is 0.704. The van der Waals surface area contributed by atoms with Gasteiger partial charge in [0.2, 0.25) is 5.91 Å². The van der Waals surface area contributed by atoms with E-state index in [1.165, 1.54) is 12.1 Å². The molecule has 2 aromatic carbocycles. The van der Waals surface area contributed by atoms with Crippen molar-refractivity contribution in [2.45, 2.75) is 18.7 Å². The monoisotopic (exact) mass is 337 g/mol. The topological polar surface area (TPSA) is 47.6 Å². The maximum Gasteiger partial charge on any atom is 0.416 e. The second kappa shape index (κ2) is 6.43. The molecule has 1 heterocycles. The Hall–Kier alpha value is -2.70. The number of carbonyl (C=O) groups excluding carboxylic acids is 1. The number of alkyl halides is 3. The SMILES string of the molecule is O=C(C[C@H]1COc2ccccc2O1)Nc1cccc(C(F)(F)F)c1. The molecule has 0 radical (unpaired) electrons. The van der Waals surface area contributed by atoms with Gasteiger partial charge in [0.15, 0.2) is 11.5 Å². The summed E-state index contributed by atoms with van der Waals surface area (Å²) in [4.78, 5) is 12.0. The summed E-state index contributed by atoms with van der Waals surface area (Å²) in [6, 6.07) is 11.6. The largest absolute Gasteiger partial charge is 0.486 e. The van der Waals surface area contributed by atoms with Crippen LogP contribution in [0, 0.1) is 0 Å². The molecule has 0 saturated carbocycles. The predicted molar refractivity (Wildman–Crippen MR) is 81.0 cm³/mol. The number of hydrogen-bond acceptors (Lipinski definition) is 3. The van der Waals surface area contributed by atoms with Crippen molar-refractivity contribution in [3.8, 4) is 11.5 Å². The van der Waals surface area contributed by atoms with Gasteiger partial charge in [0.05, 0.1) is 12.0 Å². The number of ether oxygens (including phenoxy) is 2. The number of anilines is 1. The smallest absolute Gasteiger partial charge is 0.416 e. The van der Waals surface area contributed by atoms with Crippen molar-refractivity contribution in [1.29, 1.82) is 0 Å². The van der Waals surface area contributed by atoms with E-state index in [9.17, 15) is 18.0 Å². The molecule has 0 aliphatic carbocycles. The van der Waals surface area contributed by atoms with Gasteiger partial charge in [0.25, 0.3) is 0 Å². The first-order valence-electron chi connectivity index (χ1n) is 7.27. The molecule has 0 unspecified atom stereocenters. The van der Waals surface area contributed by atoms with E-state index in [1.807, 2.05) is 6.07 Å². The third-order valence-corrected chi connectivity index (χ3v) is 3.45. The van der Waals surface area contributed by atoms with Crippen LogP contribution in [0.5, 0.6) is 11.5 Å². The molecular formula is C17H14F3NO3. The lowest BCUT2D eigenvalue weighted by Crippen LogP contribution is -2.33. The Kier molecular flexibility index (Phi) is 4.33. The molecule has 0 bridgehead atoms. The van der Waals surface area contributed by atoms with E-state index in [2.05, 4.69) is 5.32 Å². The summed E-state index contributed by atoms with van der Waals surface area (Å²) in [6.07, 6.45) is -4.97. The maximum atomic E-state index is 12.7. The van der Waals surface area contributed by atoms with Crippen LogP contribution >= 0.6 is 0 Å². The summed E-state index contributed by atoms with van der Waals surface area (Å²) in [7, 11) is 0. The van der Waals surface area contributed by atoms with E-state index in [4.69, 9.17) is 9.47 Å². The van der Waals surface area contributed by atoms with E-state index in [0.717, 1.165) is 12.1 Å². The zero-order valence-corrected chi connectivity index (χ0v) is 12.5. The molecule has 1 N–H and O–H groups in total. The molecule has 0 aromatic heterocycles. The van der Waals surface area contributed by atoms with Gasteiger partial charge in [-0.2, -0.15) is 13.2 Å². The number of hydrogen-bond donors (Lipinski definition) is 1. The van der Waals surface area contributed by atoms with Crippen LogP contribution in [0.3, 0.4) is 0 Å². The number of halogens is 3. The van der Waals surface area contributed by atoms with E-state index in [-0.39, 0.29) is 18.7 Å². The van der Waals surface area contributed by atoms with Crippen LogP contribution in [0.15, 0.2) is 48.5 Å². The minimum Gasteiger partial charge on any atom is -0.486 e. The molecule has 1 aliphatic rings. The molecule has 4 nitrogen and oxygen atoms in total. The van der Waals surface area contributed by atoms with Crippen molar-refractivity contribution in [3.63, 3.8) is 0 Å². The highest BCUT2D eigenvalue weighted by molar-refractivity contribution is 5.91. The second-order valence-corrected chi connectivity index (χ2v) is 5.33. The third kappa shape index (κ3) is 3.79. The molecule has 1 atom stereocenters. The summed E-state index contributed by atoms with van der Waals surface area (Å²) >= 11 is 0. The normalized spacial score (nSPS) is 16.5. The standard InChI is InChI=1S/C17H14F3NO3/c18-17(19,20)11-4-3-5-12(8-11)21-16(22)9-13-10-23-14-6-1-2-7-15(14)24-13/h1-8,13H,9-10H2,(H,21,22)/t13-/m0/s1. The van der Waals surface area contributed by atoms with Crippen molar-refractivity contribution in [1.82, 2.24) is 0 Å². The zero-order valence-electron chi connectivity index (χ0n) is 12.5.